The predicted molar refractivity (Wildman–Crippen MR) is 103 cm³/mol. The number of aromatic hydroxyl groups is 1. The number of aliphatic hydroxyl groups excluding tert-OH is 1. The fraction of sp³-hybridized carbons (Fsp3) is 0.455. The minimum atomic E-state index is -4.47. The van der Waals surface area contributed by atoms with Crippen LogP contribution in [-0.2, 0) is 0 Å². The quantitative estimate of drug-likeness (QED) is 0.576. The lowest BCUT2D eigenvalue weighted by Gasteiger charge is -2.22. The van der Waals surface area contributed by atoms with Crippen molar-refractivity contribution in [3.8, 4) is 11.5 Å². The van der Waals surface area contributed by atoms with Crippen molar-refractivity contribution in [1.29, 1.82) is 0 Å². The minimum absolute atomic E-state index is 0.0552. The zero-order valence-electron chi connectivity index (χ0n) is 16.1. The summed E-state index contributed by atoms with van der Waals surface area (Å²) in [4.78, 5) is 0. The van der Waals surface area contributed by atoms with E-state index in [9.17, 15) is 23.4 Å². The van der Waals surface area contributed by atoms with E-state index in [1.54, 1.807) is 0 Å². The van der Waals surface area contributed by atoms with Gasteiger partial charge in [0.1, 0.15) is 24.0 Å². The number of alkyl halides is 3. The molecule has 0 saturated heterocycles. The third kappa shape index (κ3) is 6.16. The standard InChI is InChI=1S/C22H27F3O3/c1-3-15(4-2)13-19(27)14-28-20-11-7-17(8-12-20)21(22(23,24)25)16-5-9-18(26)10-6-16/h5-12,15,19,21,26-27H,3-4,13-14H2,1-2H3. The highest BCUT2D eigenvalue weighted by atomic mass is 19.4. The number of aliphatic hydroxyl groups is 1. The molecule has 0 aliphatic carbocycles. The highest BCUT2D eigenvalue weighted by Crippen LogP contribution is 2.40. The lowest BCUT2D eigenvalue weighted by molar-refractivity contribution is -0.141. The number of rotatable bonds is 9. The summed E-state index contributed by atoms with van der Waals surface area (Å²) in [6.45, 7) is 4.26. The largest absolute Gasteiger partial charge is 0.508 e. The van der Waals surface area contributed by atoms with E-state index in [0.29, 0.717) is 18.1 Å². The highest BCUT2D eigenvalue weighted by Gasteiger charge is 2.41. The van der Waals surface area contributed by atoms with Crippen LogP contribution < -0.4 is 4.74 Å². The molecule has 28 heavy (non-hydrogen) atoms. The molecule has 0 fully saturated rings. The Morgan fingerprint density at radius 1 is 0.893 bits per heavy atom. The van der Waals surface area contributed by atoms with Crippen LogP contribution in [0.25, 0.3) is 0 Å². The molecule has 0 aliphatic rings. The van der Waals surface area contributed by atoms with Crippen molar-refractivity contribution in [3.63, 3.8) is 0 Å². The van der Waals surface area contributed by atoms with Crippen molar-refractivity contribution in [2.45, 2.75) is 51.3 Å². The molecule has 0 amide bonds. The first-order valence-electron chi connectivity index (χ1n) is 9.51. The van der Waals surface area contributed by atoms with Crippen LogP contribution in [0.5, 0.6) is 11.5 Å². The molecular formula is C22H27F3O3. The topological polar surface area (TPSA) is 49.7 Å². The summed E-state index contributed by atoms with van der Waals surface area (Å²) >= 11 is 0. The van der Waals surface area contributed by atoms with E-state index in [0.717, 1.165) is 12.8 Å². The van der Waals surface area contributed by atoms with Gasteiger partial charge in [-0.05, 0) is 47.7 Å². The van der Waals surface area contributed by atoms with Crippen LogP contribution in [0.1, 0.15) is 50.2 Å². The summed E-state index contributed by atoms with van der Waals surface area (Å²) in [6, 6.07) is 10.8. The van der Waals surface area contributed by atoms with Gasteiger partial charge >= 0.3 is 6.18 Å². The SMILES string of the molecule is CCC(CC)CC(O)COc1ccc(C(c2ccc(O)cc2)C(F)(F)F)cc1. The highest BCUT2D eigenvalue weighted by molar-refractivity contribution is 5.39. The van der Waals surface area contributed by atoms with Gasteiger partial charge in [-0.1, -0.05) is 51.0 Å². The molecule has 2 aromatic rings. The molecule has 2 unspecified atom stereocenters. The maximum Gasteiger partial charge on any atom is 0.399 e. The molecule has 2 rings (SSSR count). The number of halogens is 3. The van der Waals surface area contributed by atoms with Crippen LogP contribution in [0.4, 0.5) is 13.2 Å². The molecule has 154 valence electrons. The van der Waals surface area contributed by atoms with E-state index in [1.807, 2.05) is 0 Å². The average Bonchev–Trinajstić information content (AvgIpc) is 2.66. The van der Waals surface area contributed by atoms with Gasteiger partial charge in [-0.25, -0.2) is 0 Å². The van der Waals surface area contributed by atoms with Crippen molar-refractivity contribution in [2.24, 2.45) is 5.92 Å². The Labute approximate surface area is 163 Å². The number of hydrogen-bond acceptors (Lipinski definition) is 3. The normalized spacial score (nSPS) is 14.1. The Kier molecular flexibility index (Phi) is 7.75. The molecule has 0 heterocycles. The van der Waals surface area contributed by atoms with Gasteiger partial charge in [0.25, 0.3) is 0 Å². The fourth-order valence-electron chi connectivity index (χ4n) is 3.26. The molecular weight excluding hydrogens is 369 g/mol. The molecule has 2 aromatic carbocycles. The number of hydrogen-bond donors (Lipinski definition) is 2. The van der Waals surface area contributed by atoms with Gasteiger partial charge in [0.2, 0.25) is 0 Å². The molecule has 6 heteroatoms. The summed E-state index contributed by atoms with van der Waals surface area (Å²) in [6.07, 6.45) is -2.46. The van der Waals surface area contributed by atoms with E-state index in [2.05, 4.69) is 13.8 Å². The van der Waals surface area contributed by atoms with Crippen molar-refractivity contribution in [2.75, 3.05) is 6.61 Å². The first-order valence-corrected chi connectivity index (χ1v) is 9.51. The van der Waals surface area contributed by atoms with Crippen molar-refractivity contribution < 1.29 is 28.1 Å². The smallest absolute Gasteiger partial charge is 0.399 e. The molecule has 2 N–H and O–H groups in total. The summed E-state index contributed by atoms with van der Waals surface area (Å²) in [7, 11) is 0. The Morgan fingerprint density at radius 2 is 1.39 bits per heavy atom. The number of benzene rings is 2. The van der Waals surface area contributed by atoms with Crippen LogP contribution >= 0.6 is 0 Å². The number of phenolic OH excluding ortho intramolecular Hbond substituents is 1. The lowest BCUT2D eigenvalue weighted by Crippen LogP contribution is -2.22. The summed E-state index contributed by atoms with van der Waals surface area (Å²) in [5.74, 6) is -1.03. The second-order valence-electron chi connectivity index (χ2n) is 7.02. The van der Waals surface area contributed by atoms with Gasteiger partial charge in [-0.3, -0.25) is 0 Å². The fourth-order valence-corrected chi connectivity index (χ4v) is 3.26. The molecule has 0 saturated carbocycles. The van der Waals surface area contributed by atoms with E-state index in [-0.39, 0.29) is 23.5 Å². The Hall–Kier alpha value is -2.21. The molecule has 3 nitrogen and oxygen atoms in total. The Balaban J connectivity index is 2.07. The van der Waals surface area contributed by atoms with Gasteiger partial charge in [0.05, 0.1) is 6.10 Å². The molecule has 0 bridgehead atoms. The molecule has 0 radical (unpaired) electrons. The maximum atomic E-state index is 13.6. The van der Waals surface area contributed by atoms with E-state index >= 15 is 0 Å². The third-order valence-electron chi connectivity index (χ3n) is 4.97. The van der Waals surface area contributed by atoms with Crippen molar-refractivity contribution in [3.05, 3.63) is 59.7 Å². The molecule has 0 aromatic heterocycles. The molecule has 0 spiro atoms. The van der Waals surface area contributed by atoms with E-state index < -0.39 is 18.2 Å². The van der Waals surface area contributed by atoms with Crippen LogP contribution in [0.3, 0.4) is 0 Å². The van der Waals surface area contributed by atoms with Gasteiger partial charge in [0, 0.05) is 0 Å². The minimum Gasteiger partial charge on any atom is -0.508 e. The number of phenols is 1. The molecule has 2 atom stereocenters. The van der Waals surface area contributed by atoms with Crippen LogP contribution in [-0.4, -0.2) is 29.1 Å². The van der Waals surface area contributed by atoms with Gasteiger partial charge in [-0.15, -0.1) is 0 Å². The second-order valence-corrected chi connectivity index (χ2v) is 7.02. The Bertz CT molecular complexity index is 707. The average molecular weight is 396 g/mol. The Morgan fingerprint density at radius 3 is 1.86 bits per heavy atom. The van der Waals surface area contributed by atoms with Crippen LogP contribution in [0.2, 0.25) is 0 Å². The van der Waals surface area contributed by atoms with Crippen molar-refractivity contribution >= 4 is 0 Å². The third-order valence-corrected chi connectivity index (χ3v) is 4.97. The van der Waals surface area contributed by atoms with Gasteiger partial charge in [-0.2, -0.15) is 13.2 Å². The zero-order chi connectivity index (χ0) is 20.7. The van der Waals surface area contributed by atoms with E-state index in [4.69, 9.17) is 4.74 Å². The first-order chi connectivity index (χ1) is 13.2. The monoisotopic (exact) mass is 396 g/mol. The van der Waals surface area contributed by atoms with E-state index in [1.165, 1.54) is 48.5 Å². The number of ether oxygens (including phenoxy) is 1. The van der Waals surface area contributed by atoms with Crippen LogP contribution in [0, 0.1) is 5.92 Å². The first kappa shape index (κ1) is 22.1. The summed E-state index contributed by atoms with van der Waals surface area (Å²) in [5, 5.41) is 19.4. The lowest BCUT2D eigenvalue weighted by atomic mass is 9.90. The van der Waals surface area contributed by atoms with Gasteiger partial charge in [0.15, 0.2) is 0 Å². The molecule has 0 aliphatic heterocycles. The predicted octanol–water partition coefficient (Wildman–Crippen LogP) is 5.65. The summed E-state index contributed by atoms with van der Waals surface area (Å²) in [5.41, 5.74) is 0.141. The van der Waals surface area contributed by atoms with Crippen molar-refractivity contribution in [1.82, 2.24) is 0 Å². The summed E-state index contributed by atoms with van der Waals surface area (Å²) < 4.78 is 46.4. The van der Waals surface area contributed by atoms with Gasteiger partial charge < -0.3 is 14.9 Å². The second kappa shape index (κ2) is 9.82. The zero-order valence-corrected chi connectivity index (χ0v) is 16.1. The van der Waals surface area contributed by atoms with Crippen LogP contribution in [0.15, 0.2) is 48.5 Å². The maximum absolute atomic E-state index is 13.6.